The van der Waals surface area contributed by atoms with Gasteiger partial charge in [0.1, 0.15) is 11.8 Å². The molecule has 2 rings (SSSR count). The quantitative estimate of drug-likeness (QED) is 0.477. The molecular formula is C19H29N3O2. The van der Waals surface area contributed by atoms with E-state index in [1.807, 2.05) is 12.1 Å². The van der Waals surface area contributed by atoms with E-state index in [1.165, 1.54) is 5.57 Å². The molecule has 0 spiro atoms. The minimum atomic E-state index is -0.319. The standard InChI is InChI=1S/C19H29N3O2/c1-6-7-8-16(18(23)21-20)22-17-11-14(24-5)9-10-15(17)13(2)12-19(22,3)4/h9-12,16H,6-8,20H2,1-5H3,(H,21,23)/t16-/m0/s1. The number of unbranched alkanes of at least 4 members (excludes halogenated alkanes) is 1. The van der Waals surface area contributed by atoms with Crippen molar-refractivity contribution < 1.29 is 9.53 Å². The maximum Gasteiger partial charge on any atom is 0.256 e. The van der Waals surface area contributed by atoms with Crippen molar-refractivity contribution in [3.05, 3.63) is 29.8 Å². The van der Waals surface area contributed by atoms with Crippen molar-refractivity contribution in [1.82, 2.24) is 5.43 Å². The van der Waals surface area contributed by atoms with E-state index in [2.05, 4.69) is 50.2 Å². The number of allylic oxidation sites excluding steroid dienone is 1. The Morgan fingerprint density at radius 3 is 2.71 bits per heavy atom. The van der Waals surface area contributed by atoms with Gasteiger partial charge in [0.05, 0.1) is 12.6 Å². The Labute approximate surface area is 144 Å². The lowest BCUT2D eigenvalue weighted by Gasteiger charge is -2.47. The lowest BCUT2D eigenvalue weighted by Crippen LogP contribution is -2.57. The number of amides is 1. The number of hydrogen-bond acceptors (Lipinski definition) is 4. The number of hydrazine groups is 1. The van der Waals surface area contributed by atoms with Gasteiger partial charge in [0.25, 0.3) is 5.91 Å². The third kappa shape index (κ3) is 3.41. The predicted octanol–water partition coefficient (Wildman–Crippen LogP) is 3.25. The fourth-order valence-electron chi connectivity index (χ4n) is 3.60. The lowest BCUT2D eigenvalue weighted by atomic mass is 9.86. The van der Waals surface area contributed by atoms with Gasteiger partial charge in [-0.1, -0.05) is 25.8 Å². The zero-order valence-electron chi connectivity index (χ0n) is 15.3. The van der Waals surface area contributed by atoms with Crippen LogP contribution in [0.2, 0.25) is 0 Å². The highest BCUT2D eigenvalue weighted by Gasteiger charge is 2.39. The molecule has 1 aliphatic heterocycles. The molecular weight excluding hydrogens is 302 g/mol. The molecule has 1 amide bonds. The van der Waals surface area contributed by atoms with Crippen LogP contribution < -0.4 is 20.9 Å². The van der Waals surface area contributed by atoms with E-state index in [1.54, 1.807) is 7.11 Å². The average molecular weight is 331 g/mol. The van der Waals surface area contributed by atoms with Crippen molar-refractivity contribution in [2.75, 3.05) is 12.0 Å². The van der Waals surface area contributed by atoms with Crippen LogP contribution in [0.1, 0.15) is 52.5 Å². The Balaban J connectivity index is 2.58. The van der Waals surface area contributed by atoms with Gasteiger partial charge in [-0.25, -0.2) is 5.84 Å². The number of nitrogens with two attached hydrogens (primary N) is 1. The second kappa shape index (κ2) is 7.26. The lowest BCUT2D eigenvalue weighted by molar-refractivity contribution is -0.122. The molecule has 5 heteroatoms. The summed E-state index contributed by atoms with van der Waals surface area (Å²) >= 11 is 0. The number of carbonyl (C=O) groups is 1. The molecule has 0 aromatic heterocycles. The van der Waals surface area contributed by atoms with Crippen molar-refractivity contribution in [2.45, 2.75) is 58.5 Å². The van der Waals surface area contributed by atoms with Gasteiger partial charge in [-0.2, -0.15) is 0 Å². The van der Waals surface area contributed by atoms with Crippen LogP contribution in [0.4, 0.5) is 5.69 Å². The van der Waals surface area contributed by atoms with Gasteiger partial charge in [0, 0.05) is 17.3 Å². The third-order valence-corrected chi connectivity index (χ3v) is 4.67. The fourth-order valence-corrected chi connectivity index (χ4v) is 3.60. The zero-order valence-corrected chi connectivity index (χ0v) is 15.3. The SMILES string of the molecule is CCCC[C@@H](C(=O)NN)N1c2cc(OC)ccc2C(C)=CC1(C)C. The van der Waals surface area contributed by atoms with Crippen molar-refractivity contribution in [2.24, 2.45) is 5.84 Å². The van der Waals surface area contributed by atoms with Crippen LogP contribution in [-0.2, 0) is 4.79 Å². The summed E-state index contributed by atoms with van der Waals surface area (Å²) in [5.74, 6) is 6.11. The Bertz CT molecular complexity index is 637. The van der Waals surface area contributed by atoms with Crippen LogP contribution >= 0.6 is 0 Å². The van der Waals surface area contributed by atoms with Gasteiger partial charge < -0.3 is 9.64 Å². The third-order valence-electron chi connectivity index (χ3n) is 4.67. The van der Waals surface area contributed by atoms with E-state index in [0.29, 0.717) is 0 Å². The monoisotopic (exact) mass is 331 g/mol. The zero-order chi connectivity index (χ0) is 17.9. The van der Waals surface area contributed by atoms with Crippen LogP contribution in [0.3, 0.4) is 0 Å². The number of methoxy groups -OCH3 is 1. The van der Waals surface area contributed by atoms with Crippen LogP contribution in [0, 0.1) is 0 Å². The minimum Gasteiger partial charge on any atom is -0.497 e. The van der Waals surface area contributed by atoms with Crippen molar-refractivity contribution >= 4 is 17.2 Å². The van der Waals surface area contributed by atoms with Crippen molar-refractivity contribution in [3.63, 3.8) is 0 Å². The highest BCUT2D eigenvalue weighted by molar-refractivity contribution is 5.90. The molecule has 24 heavy (non-hydrogen) atoms. The van der Waals surface area contributed by atoms with E-state index in [9.17, 15) is 4.79 Å². The molecule has 0 fully saturated rings. The number of carbonyl (C=O) groups excluding carboxylic acids is 1. The summed E-state index contributed by atoms with van der Waals surface area (Å²) < 4.78 is 5.41. The number of fused-ring (bicyclic) bond motifs is 1. The first-order valence-corrected chi connectivity index (χ1v) is 8.53. The topological polar surface area (TPSA) is 67.6 Å². The fraction of sp³-hybridized carbons (Fsp3) is 0.526. The predicted molar refractivity (Wildman–Crippen MR) is 98.8 cm³/mol. The van der Waals surface area contributed by atoms with Crippen LogP contribution in [0.25, 0.3) is 5.57 Å². The highest BCUT2D eigenvalue weighted by Crippen LogP contribution is 2.42. The summed E-state index contributed by atoms with van der Waals surface area (Å²) in [4.78, 5) is 14.7. The van der Waals surface area contributed by atoms with E-state index in [-0.39, 0.29) is 17.5 Å². The van der Waals surface area contributed by atoms with Gasteiger partial charge in [-0.05, 0) is 44.9 Å². The molecule has 1 aromatic carbocycles. The second-order valence-corrected chi connectivity index (χ2v) is 6.90. The first kappa shape index (κ1) is 18.3. The maximum atomic E-state index is 12.5. The van der Waals surface area contributed by atoms with Gasteiger partial charge in [-0.15, -0.1) is 0 Å². The molecule has 1 atom stereocenters. The van der Waals surface area contributed by atoms with E-state index in [0.717, 1.165) is 36.3 Å². The van der Waals surface area contributed by atoms with E-state index >= 15 is 0 Å². The molecule has 0 bridgehead atoms. The molecule has 5 nitrogen and oxygen atoms in total. The first-order chi connectivity index (χ1) is 11.4. The molecule has 0 saturated carbocycles. The summed E-state index contributed by atoms with van der Waals surface area (Å²) in [6.07, 6.45) is 4.96. The van der Waals surface area contributed by atoms with Gasteiger partial charge >= 0.3 is 0 Å². The maximum absolute atomic E-state index is 12.5. The molecule has 0 unspecified atom stereocenters. The summed E-state index contributed by atoms with van der Waals surface area (Å²) in [6.45, 7) is 8.48. The molecule has 1 heterocycles. The summed E-state index contributed by atoms with van der Waals surface area (Å²) in [5, 5.41) is 0. The minimum absolute atomic E-state index is 0.154. The summed E-state index contributed by atoms with van der Waals surface area (Å²) in [5.41, 5.74) is 5.40. The van der Waals surface area contributed by atoms with Crippen LogP contribution in [0.5, 0.6) is 5.75 Å². The number of benzene rings is 1. The molecule has 0 saturated heterocycles. The molecule has 0 aliphatic carbocycles. The molecule has 0 radical (unpaired) electrons. The summed E-state index contributed by atoms with van der Waals surface area (Å²) in [7, 11) is 1.66. The number of hydrogen-bond donors (Lipinski definition) is 2. The number of nitrogens with zero attached hydrogens (tertiary/aromatic N) is 1. The van der Waals surface area contributed by atoms with Gasteiger partial charge in [-0.3, -0.25) is 10.2 Å². The summed E-state index contributed by atoms with van der Waals surface area (Å²) in [6, 6.07) is 5.70. The Kier molecular flexibility index (Phi) is 5.54. The second-order valence-electron chi connectivity index (χ2n) is 6.90. The normalized spacial score (nSPS) is 16.9. The molecule has 1 aromatic rings. The largest absolute Gasteiger partial charge is 0.497 e. The molecule has 3 N–H and O–H groups in total. The number of rotatable bonds is 6. The molecule has 132 valence electrons. The average Bonchev–Trinajstić information content (AvgIpc) is 2.55. The van der Waals surface area contributed by atoms with Crippen LogP contribution in [-0.4, -0.2) is 24.6 Å². The smallest absolute Gasteiger partial charge is 0.256 e. The van der Waals surface area contributed by atoms with E-state index < -0.39 is 0 Å². The highest BCUT2D eigenvalue weighted by atomic mass is 16.5. The van der Waals surface area contributed by atoms with Crippen molar-refractivity contribution in [1.29, 1.82) is 0 Å². The Morgan fingerprint density at radius 2 is 2.12 bits per heavy atom. The van der Waals surface area contributed by atoms with Crippen molar-refractivity contribution in [3.8, 4) is 5.75 Å². The number of nitrogens with one attached hydrogen (secondary N) is 1. The van der Waals surface area contributed by atoms with E-state index in [4.69, 9.17) is 10.6 Å². The molecule has 1 aliphatic rings. The Hall–Kier alpha value is -2.01. The Morgan fingerprint density at radius 1 is 1.42 bits per heavy atom. The van der Waals surface area contributed by atoms with Gasteiger partial charge in [0.2, 0.25) is 0 Å². The van der Waals surface area contributed by atoms with Crippen LogP contribution in [0.15, 0.2) is 24.3 Å². The number of ether oxygens (including phenoxy) is 1. The van der Waals surface area contributed by atoms with Gasteiger partial charge in [0.15, 0.2) is 0 Å². The number of anilines is 1. The first-order valence-electron chi connectivity index (χ1n) is 8.53.